The standard InChI is InChI=1S/C13H20BrN3O3S/c1-20-11-4-5-12(14)13(7-11)16-21(18,19)17-6-2-3-10(8-15)9-17/h4-5,7,10,16H,2-3,6,8-9,15H2,1H3. The van der Waals surface area contributed by atoms with E-state index in [0.29, 0.717) is 35.5 Å². The Morgan fingerprint density at radius 3 is 2.95 bits per heavy atom. The highest BCUT2D eigenvalue weighted by Gasteiger charge is 2.28. The van der Waals surface area contributed by atoms with Crippen LogP contribution >= 0.6 is 15.9 Å². The van der Waals surface area contributed by atoms with E-state index in [1.807, 2.05) is 0 Å². The van der Waals surface area contributed by atoms with E-state index in [1.165, 1.54) is 11.4 Å². The zero-order valence-electron chi connectivity index (χ0n) is 11.9. The van der Waals surface area contributed by atoms with Gasteiger partial charge in [-0.25, -0.2) is 0 Å². The minimum absolute atomic E-state index is 0.226. The second kappa shape index (κ2) is 6.95. The van der Waals surface area contributed by atoms with Crippen molar-refractivity contribution in [3.63, 3.8) is 0 Å². The first-order chi connectivity index (χ1) is 9.96. The molecule has 1 unspecified atom stereocenters. The van der Waals surface area contributed by atoms with Gasteiger partial charge < -0.3 is 10.5 Å². The number of nitrogens with one attached hydrogen (secondary N) is 1. The summed E-state index contributed by atoms with van der Waals surface area (Å²) in [5.41, 5.74) is 6.12. The topological polar surface area (TPSA) is 84.7 Å². The minimum atomic E-state index is -3.58. The summed E-state index contributed by atoms with van der Waals surface area (Å²) in [5.74, 6) is 0.818. The van der Waals surface area contributed by atoms with Gasteiger partial charge in [0.15, 0.2) is 0 Å². The van der Waals surface area contributed by atoms with Gasteiger partial charge in [0.25, 0.3) is 0 Å². The Morgan fingerprint density at radius 1 is 1.52 bits per heavy atom. The molecule has 1 aromatic carbocycles. The van der Waals surface area contributed by atoms with Gasteiger partial charge in [0.05, 0.1) is 12.8 Å². The van der Waals surface area contributed by atoms with Crippen LogP contribution < -0.4 is 15.2 Å². The first kappa shape index (κ1) is 16.5. The predicted octanol–water partition coefficient (Wildman–Crippen LogP) is 1.79. The van der Waals surface area contributed by atoms with Crippen molar-refractivity contribution in [2.75, 3.05) is 31.5 Å². The average Bonchev–Trinajstić information content (AvgIpc) is 2.49. The Kier molecular flexibility index (Phi) is 5.48. The lowest BCUT2D eigenvalue weighted by Crippen LogP contribution is -2.44. The smallest absolute Gasteiger partial charge is 0.301 e. The number of piperidine rings is 1. The monoisotopic (exact) mass is 377 g/mol. The normalized spacial score (nSPS) is 20.2. The van der Waals surface area contributed by atoms with Crippen molar-refractivity contribution in [3.8, 4) is 5.75 Å². The molecule has 1 aromatic rings. The lowest BCUT2D eigenvalue weighted by atomic mass is 10.0. The van der Waals surface area contributed by atoms with Gasteiger partial charge in [-0.2, -0.15) is 12.7 Å². The van der Waals surface area contributed by atoms with Gasteiger partial charge in [0.2, 0.25) is 0 Å². The first-order valence-electron chi connectivity index (χ1n) is 6.77. The molecule has 8 heteroatoms. The Morgan fingerprint density at radius 2 is 2.29 bits per heavy atom. The number of hydrogen-bond donors (Lipinski definition) is 2. The molecule has 6 nitrogen and oxygen atoms in total. The van der Waals surface area contributed by atoms with Crippen LogP contribution in [0, 0.1) is 5.92 Å². The fourth-order valence-electron chi connectivity index (χ4n) is 2.35. The SMILES string of the molecule is COc1ccc(Br)c(NS(=O)(=O)N2CCCC(CN)C2)c1. The molecular formula is C13H20BrN3O3S. The van der Waals surface area contributed by atoms with Crippen LogP contribution in [-0.4, -0.2) is 39.5 Å². The minimum Gasteiger partial charge on any atom is -0.497 e. The van der Waals surface area contributed by atoms with Crippen molar-refractivity contribution in [3.05, 3.63) is 22.7 Å². The van der Waals surface area contributed by atoms with E-state index in [9.17, 15) is 8.42 Å². The van der Waals surface area contributed by atoms with Crippen LogP contribution in [0.1, 0.15) is 12.8 Å². The molecule has 0 radical (unpaired) electrons. The van der Waals surface area contributed by atoms with Crippen LogP contribution in [0.2, 0.25) is 0 Å². The van der Waals surface area contributed by atoms with Crippen molar-refractivity contribution in [1.82, 2.24) is 4.31 Å². The molecule has 0 bridgehead atoms. The van der Waals surface area contributed by atoms with Crippen LogP contribution in [0.4, 0.5) is 5.69 Å². The molecule has 1 aliphatic rings. The molecule has 0 spiro atoms. The molecule has 3 N–H and O–H groups in total. The number of benzene rings is 1. The third kappa shape index (κ3) is 4.09. The highest BCUT2D eigenvalue weighted by Crippen LogP contribution is 2.29. The van der Waals surface area contributed by atoms with Crippen molar-refractivity contribution in [2.24, 2.45) is 11.7 Å². The molecule has 21 heavy (non-hydrogen) atoms. The molecule has 1 saturated heterocycles. The van der Waals surface area contributed by atoms with Gasteiger partial charge in [0, 0.05) is 23.6 Å². The fourth-order valence-corrected chi connectivity index (χ4v) is 4.18. The van der Waals surface area contributed by atoms with E-state index >= 15 is 0 Å². The van der Waals surface area contributed by atoms with Gasteiger partial charge >= 0.3 is 10.2 Å². The van der Waals surface area contributed by atoms with Crippen LogP contribution in [-0.2, 0) is 10.2 Å². The highest BCUT2D eigenvalue weighted by atomic mass is 79.9. The molecule has 1 heterocycles. The first-order valence-corrected chi connectivity index (χ1v) is 9.01. The highest BCUT2D eigenvalue weighted by molar-refractivity contribution is 9.10. The van der Waals surface area contributed by atoms with Gasteiger partial charge in [-0.3, -0.25) is 4.72 Å². The Labute approximate surface area is 134 Å². The van der Waals surface area contributed by atoms with Crippen molar-refractivity contribution in [2.45, 2.75) is 12.8 Å². The summed E-state index contributed by atoms with van der Waals surface area (Å²) in [4.78, 5) is 0. The van der Waals surface area contributed by atoms with Crippen LogP contribution in [0.15, 0.2) is 22.7 Å². The number of methoxy groups -OCH3 is 1. The lowest BCUT2D eigenvalue weighted by molar-refractivity contribution is 0.273. The maximum atomic E-state index is 12.5. The largest absolute Gasteiger partial charge is 0.497 e. The van der Waals surface area contributed by atoms with Gasteiger partial charge in [0.1, 0.15) is 5.75 Å². The molecule has 2 rings (SSSR count). The third-order valence-corrected chi connectivity index (χ3v) is 5.75. The van der Waals surface area contributed by atoms with E-state index in [4.69, 9.17) is 10.5 Å². The third-order valence-electron chi connectivity index (χ3n) is 3.57. The predicted molar refractivity (Wildman–Crippen MR) is 86.6 cm³/mol. The lowest BCUT2D eigenvalue weighted by Gasteiger charge is -2.31. The Balaban J connectivity index is 2.17. The van der Waals surface area contributed by atoms with E-state index in [1.54, 1.807) is 18.2 Å². The molecule has 1 aliphatic heterocycles. The Hall–Kier alpha value is -0.830. The molecule has 0 aromatic heterocycles. The van der Waals surface area contributed by atoms with Crippen molar-refractivity contribution < 1.29 is 13.2 Å². The molecule has 0 amide bonds. The van der Waals surface area contributed by atoms with E-state index in [-0.39, 0.29) is 5.92 Å². The second-order valence-corrected chi connectivity index (χ2v) is 7.58. The number of anilines is 1. The van der Waals surface area contributed by atoms with Crippen LogP contribution in [0.25, 0.3) is 0 Å². The zero-order valence-corrected chi connectivity index (χ0v) is 14.3. The maximum Gasteiger partial charge on any atom is 0.301 e. The zero-order chi connectivity index (χ0) is 15.5. The van der Waals surface area contributed by atoms with Gasteiger partial charge in [-0.15, -0.1) is 0 Å². The average molecular weight is 378 g/mol. The molecule has 118 valence electrons. The van der Waals surface area contributed by atoms with Gasteiger partial charge in [-0.05, 0) is 53.4 Å². The molecule has 0 saturated carbocycles. The van der Waals surface area contributed by atoms with E-state index in [0.717, 1.165) is 12.8 Å². The maximum absolute atomic E-state index is 12.5. The number of hydrogen-bond acceptors (Lipinski definition) is 4. The van der Waals surface area contributed by atoms with Crippen molar-refractivity contribution >= 4 is 31.8 Å². The summed E-state index contributed by atoms with van der Waals surface area (Å²) in [6, 6.07) is 5.15. The fraction of sp³-hybridized carbons (Fsp3) is 0.538. The quantitative estimate of drug-likeness (QED) is 0.818. The summed E-state index contributed by atoms with van der Waals surface area (Å²) < 4.78 is 34.8. The number of rotatable bonds is 5. The molecule has 0 aliphatic carbocycles. The summed E-state index contributed by atoms with van der Waals surface area (Å²) in [6.45, 7) is 1.50. The molecule has 1 fully saturated rings. The number of nitrogens with two attached hydrogens (primary N) is 1. The summed E-state index contributed by atoms with van der Waals surface area (Å²) in [6.07, 6.45) is 1.81. The molecule has 1 atom stereocenters. The number of ether oxygens (including phenoxy) is 1. The summed E-state index contributed by atoms with van der Waals surface area (Å²) in [5, 5.41) is 0. The van der Waals surface area contributed by atoms with E-state index in [2.05, 4.69) is 20.7 Å². The Bertz CT molecular complexity index is 594. The summed E-state index contributed by atoms with van der Waals surface area (Å²) in [7, 11) is -2.04. The second-order valence-electron chi connectivity index (χ2n) is 5.05. The molecular weight excluding hydrogens is 358 g/mol. The van der Waals surface area contributed by atoms with E-state index < -0.39 is 10.2 Å². The summed E-state index contributed by atoms with van der Waals surface area (Å²) >= 11 is 3.34. The van der Waals surface area contributed by atoms with Crippen LogP contribution in [0.3, 0.4) is 0 Å². The van der Waals surface area contributed by atoms with Crippen molar-refractivity contribution in [1.29, 1.82) is 0 Å². The van der Waals surface area contributed by atoms with Gasteiger partial charge in [-0.1, -0.05) is 0 Å². The number of nitrogens with zero attached hydrogens (tertiary/aromatic N) is 1. The van der Waals surface area contributed by atoms with Crippen LogP contribution in [0.5, 0.6) is 5.75 Å². The number of halogens is 1.